The molecule has 0 spiro atoms. The van der Waals surface area contributed by atoms with E-state index in [0.717, 1.165) is 0 Å². The normalized spacial score (nSPS) is 19.7. The van der Waals surface area contributed by atoms with Gasteiger partial charge in [0.2, 0.25) is 11.6 Å². The summed E-state index contributed by atoms with van der Waals surface area (Å²) in [6.45, 7) is 2.50. The van der Waals surface area contributed by atoms with Crippen molar-refractivity contribution in [2.75, 3.05) is 26.3 Å². The number of morpholine rings is 1. The maximum Gasteiger partial charge on any atom is 0.211 e. The number of carbonyl (C=O) groups excluding carboxylic acids is 2. The number of Topliss-reactive ketones (excluding diaryl/α,β-unsaturated/α-hetero) is 2. The number of rotatable bonds is 1. The number of allylic oxidation sites excluding steroid dienone is 2. The molecule has 4 nitrogen and oxygen atoms in total. The van der Waals surface area contributed by atoms with Crippen LogP contribution >= 0.6 is 22.6 Å². The molecule has 0 bridgehead atoms. The van der Waals surface area contributed by atoms with Gasteiger partial charge in [0.1, 0.15) is 5.70 Å². The monoisotopic (exact) mass is 369 g/mol. The summed E-state index contributed by atoms with van der Waals surface area (Å²) >= 11 is 1.99. The van der Waals surface area contributed by atoms with Gasteiger partial charge in [0.15, 0.2) is 0 Å². The summed E-state index contributed by atoms with van der Waals surface area (Å²) in [6, 6.07) is 7.01. The van der Waals surface area contributed by atoms with E-state index >= 15 is 0 Å². The van der Waals surface area contributed by atoms with Crippen LogP contribution in [0.3, 0.4) is 0 Å². The van der Waals surface area contributed by atoms with Crippen LogP contribution in [0.1, 0.15) is 20.7 Å². The van der Waals surface area contributed by atoms with Gasteiger partial charge in [-0.05, 0) is 22.6 Å². The third kappa shape index (κ3) is 2.10. The predicted octanol–water partition coefficient (Wildman–Crippen LogP) is 2.04. The smallest absolute Gasteiger partial charge is 0.211 e. The van der Waals surface area contributed by atoms with Gasteiger partial charge in [-0.3, -0.25) is 9.59 Å². The quantitative estimate of drug-likeness (QED) is 0.711. The first-order valence-corrected chi connectivity index (χ1v) is 7.19. The Morgan fingerprint density at radius 1 is 1.00 bits per heavy atom. The maximum absolute atomic E-state index is 12.6. The molecule has 0 N–H and O–H groups in total. The van der Waals surface area contributed by atoms with Crippen molar-refractivity contribution in [3.05, 3.63) is 44.7 Å². The van der Waals surface area contributed by atoms with E-state index in [1.165, 1.54) is 0 Å². The van der Waals surface area contributed by atoms with Crippen molar-refractivity contribution in [2.24, 2.45) is 0 Å². The zero-order chi connectivity index (χ0) is 13.4. The highest BCUT2D eigenvalue weighted by Crippen LogP contribution is 2.32. The van der Waals surface area contributed by atoms with Crippen LogP contribution in [0.4, 0.5) is 0 Å². The molecule has 0 radical (unpaired) electrons. The number of benzene rings is 1. The lowest BCUT2D eigenvalue weighted by molar-refractivity contribution is 0.0500. The third-order valence-electron chi connectivity index (χ3n) is 3.37. The summed E-state index contributed by atoms with van der Waals surface area (Å²) in [7, 11) is 0. The van der Waals surface area contributed by atoms with Crippen molar-refractivity contribution < 1.29 is 14.3 Å². The highest BCUT2D eigenvalue weighted by atomic mass is 127. The van der Waals surface area contributed by atoms with Crippen LogP contribution in [-0.2, 0) is 4.74 Å². The van der Waals surface area contributed by atoms with Gasteiger partial charge in [-0.25, -0.2) is 0 Å². The fourth-order valence-electron chi connectivity index (χ4n) is 2.40. The minimum Gasteiger partial charge on any atom is -0.378 e. The summed E-state index contributed by atoms with van der Waals surface area (Å²) in [5, 5.41) is 0. The Labute approximate surface area is 124 Å². The largest absolute Gasteiger partial charge is 0.378 e. The average molecular weight is 369 g/mol. The van der Waals surface area contributed by atoms with E-state index in [9.17, 15) is 9.59 Å². The molecule has 0 aromatic heterocycles. The number of halogens is 1. The Morgan fingerprint density at radius 2 is 1.58 bits per heavy atom. The first-order chi connectivity index (χ1) is 9.20. The van der Waals surface area contributed by atoms with Gasteiger partial charge >= 0.3 is 0 Å². The van der Waals surface area contributed by atoms with Crippen LogP contribution in [0.15, 0.2) is 33.5 Å². The second kappa shape index (κ2) is 5.05. The molecule has 0 atom stereocenters. The zero-order valence-corrected chi connectivity index (χ0v) is 12.3. The van der Waals surface area contributed by atoms with Gasteiger partial charge in [0, 0.05) is 24.2 Å². The molecular weight excluding hydrogens is 357 g/mol. The topological polar surface area (TPSA) is 46.6 Å². The van der Waals surface area contributed by atoms with Gasteiger partial charge in [0.25, 0.3) is 0 Å². The highest BCUT2D eigenvalue weighted by molar-refractivity contribution is 14.1. The third-order valence-corrected chi connectivity index (χ3v) is 4.37. The summed E-state index contributed by atoms with van der Waals surface area (Å²) in [5.74, 6) is -0.112. The van der Waals surface area contributed by atoms with E-state index in [1.54, 1.807) is 24.3 Å². The van der Waals surface area contributed by atoms with Gasteiger partial charge in [-0.15, -0.1) is 0 Å². The van der Waals surface area contributed by atoms with Crippen molar-refractivity contribution in [1.82, 2.24) is 4.90 Å². The Kier molecular flexibility index (Phi) is 3.40. The van der Waals surface area contributed by atoms with E-state index in [2.05, 4.69) is 0 Å². The van der Waals surface area contributed by atoms with Crippen molar-refractivity contribution in [1.29, 1.82) is 0 Å². The molecule has 2 aliphatic rings. The van der Waals surface area contributed by atoms with Gasteiger partial charge in [0.05, 0.1) is 16.8 Å². The lowest BCUT2D eigenvalue weighted by atomic mass is 9.92. The molecule has 1 heterocycles. The number of ketones is 2. The minimum absolute atomic E-state index is 0.0542. The number of carbonyl (C=O) groups is 2. The molecule has 3 rings (SSSR count). The number of fused-ring (bicyclic) bond motifs is 1. The summed E-state index contributed by atoms with van der Waals surface area (Å²) in [4.78, 5) is 26.9. The van der Waals surface area contributed by atoms with E-state index in [1.807, 2.05) is 27.5 Å². The molecule has 1 aromatic rings. The second-order valence-electron chi connectivity index (χ2n) is 4.47. The Morgan fingerprint density at radius 3 is 2.21 bits per heavy atom. The number of hydrogen-bond donors (Lipinski definition) is 0. The molecule has 19 heavy (non-hydrogen) atoms. The van der Waals surface area contributed by atoms with Gasteiger partial charge in [-0.2, -0.15) is 0 Å². The molecule has 1 fully saturated rings. The standard InChI is InChI=1S/C14H12INO3/c15-11-12(16-5-7-19-8-6-16)14(18)10-4-2-1-3-9(10)13(11)17/h1-4H,5-8H2. The lowest BCUT2D eigenvalue weighted by Gasteiger charge is -2.32. The van der Waals surface area contributed by atoms with Crippen molar-refractivity contribution in [3.63, 3.8) is 0 Å². The number of ether oxygens (including phenoxy) is 1. The predicted molar refractivity (Wildman–Crippen MR) is 78.5 cm³/mol. The molecule has 1 saturated heterocycles. The first kappa shape index (κ1) is 12.8. The Hall–Kier alpha value is -1.21. The van der Waals surface area contributed by atoms with Crippen LogP contribution in [0.5, 0.6) is 0 Å². The molecule has 1 aliphatic carbocycles. The van der Waals surface area contributed by atoms with E-state index < -0.39 is 0 Å². The molecule has 1 aliphatic heterocycles. The second-order valence-corrected chi connectivity index (χ2v) is 5.54. The average Bonchev–Trinajstić information content (AvgIpc) is 2.46. The van der Waals surface area contributed by atoms with Crippen molar-refractivity contribution in [2.45, 2.75) is 0 Å². The van der Waals surface area contributed by atoms with E-state index in [-0.39, 0.29) is 11.6 Å². The van der Waals surface area contributed by atoms with Crippen molar-refractivity contribution >= 4 is 34.2 Å². The van der Waals surface area contributed by atoms with E-state index in [0.29, 0.717) is 46.7 Å². The fourth-order valence-corrected chi connectivity index (χ4v) is 3.28. The zero-order valence-electron chi connectivity index (χ0n) is 10.2. The molecule has 98 valence electrons. The van der Waals surface area contributed by atoms with Crippen LogP contribution < -0.4 is 0 Å². The molecule has 1 aromatic carbocycles. The lowest BCUT2D eigenvalue weighted by Crippen LogP contribution is -2.40. The first-order valence-electron chi connectivity index (χ1n) is 6.11. The molecule has 0 saturated carbocycles. The number of nitrogens with zero attached hydrogens (tertiary/aromatic N) is 1. The van der Waals surface area contributed by atoms with Gasteiger partial charge < -0.3 is 9.64 Å². The Bertz CT molecular complexity index is 588. The molecule has 0 unspecified atom stereocenters. The van der Waals surface area contributed by atoms with E-state index in [4.69, 9.17) is 4.74 Å². The van der Waals surface area contributed by atoms with Crippen molar-refractivity contribution in [3.8, 4) is 0 Å². The van der Waals surface area contributed by atoms with Crippen LogP contribution in [0.2, 0.25) is 0 Å². The summed E-state index contributed by atoms with van der Waals surface area (Å²) in [6.07, 6.45) is 0. The summed E-state index contributed by atoms with van der Waals surface area (Å²) in [5.41, 5.74) is 1.55. The fraction of sp³-hybridized carbons (Fsp3) is 0.286. The SMILES string of the molecule is O=C1C(I)=C(N2CCOCC2)C(=O)c2ccccc21. The Balaban J connectivity index is 2.07. The molecule has 0 amide bonds. The minimum atomic E-state index is -0.0581. The molecule has 5 heteroatoms. The summed E-state index contributed by atoms with van der Waals surface area (Å²) < 4.78 is 5.81. The maximum atomic E-state index is 12.6. The van der Waals surface area contributed by atoms with Gasteiger partial charge in [-0.1, -0.05) is 24.3 Å². The van der Waals surface area contributed by atoms with Crippen LogP contribution in [0, 0.1) is 0 Å². The number of hydrogen-bond acceptors (Lipinski definition) is 4. The van der Waals surface area contributed by atoms with Crippen LogP contribution in [-0.4, -0.2) is 42.8 Å². The molecular formula is C14H12INO3. The highest BCUT2D eigenvalue weighted by Gasteiger charge is 2.34. The van der Waals surface area contributed by atoms with Crippen LogP contribution in [0.25, 0.3) is 0 Å².